The Bertz CT molecular complexity index is 173. The molecule has 0 radical (unpaired) electrons. The molecule has 0 bridgehead atoms. The van der Waals surface area contributed by atoms with Crippen molar-refractivity contribution in [3.8, 4) is 0 Å². The molecule has 13 heavy (non-hydrogen) atoms. The van der Waals surface area contributed by atoms with Crippen molar-refractivity contribution in [2.75, 3.05) is 14.1 Å². The summed E-state index contributed by atoms with van der Waals surface area (Å²) in [6.07, 6.45) is 0. The van der Waals surface area contributed by atoms with E-state index in [0.29, 0.717) is 0 Å². The lowest BCUT2D eigenvalue weighted by Crippen LogP contribution is -2.45. The van der Waals surface area contributed by atoms with Crippen LogP contribution >= 0.6 is 0 Å². The topological polar surface area (TPSA) is 41.6 Å². The van der Waals surface area contributed by atoms with Crippen LogP contribution in [0, 0.1) is 0 Å². The highest BCUT2D eigenvalue weighted by Gasteiger charge is 2.21. The molecule has 0 aliphatic carbocycles. The molecule has 1 N–H and O–H groups in total. The Hall–Kier alpha value is -0.610. The Balaban J connectivity index is 3.97. The molecule has 0 rings (SSSR count). The standard InChI is InChI=1S/C9H20N2O2/c1-7(10-11(5)6)8(12)13-9(2,3)4/h7,10H,1-6H3. The van der Waals surface area contributed by atoms with Crippen LogP contribution in [0.15, 0.2) is 0 Å². The fourth-order valence-corrected chi connectivity index (χ4v) is 0.830. The van der Waals surface area contributed by atoms with Crippen molar-refractivity contribution in [1.29, 1.82) is 0 Å². The van der Waals surface area contributed by atoms with Gasteiger partial charge in [0.15, 0.2) is 0 Å². The Kier molecular flexibility index (Phi) is 4.36. The summed E-state index contributed by atoms with van der Waals surface area (Å²) in [5.41, 5.74) is 2.51. The average Bonchev–Trinajstić information content (AvgIpc) is 1.81. The first-order valence-electron chi connectivity index (χ1n) is 4.39. The van der Waals surface area contributed by atoms with Gasteiger partial charge in [0.05, 0.1) is 0 Å². The normalized spacial score (nSPS) is 14.4. The van der Waals surface area contributed by atoms with Crippen LogP contribution in [0.25, 0.3) is 0 Å². The van der Waals surface area contributed by atoms with Crippen molar-refractivity contribution >= 4 is 5.97 Å². The zero-order chi connectivity index (χ0) is 10.6. The largest absolute Gasteiger partial charge is 0.459 e. The van der Waals surface area contributed by atoms with Crippen molar-refractivity contribution in [1.82, 2.24) is 10.4 Å². The third-order valence-corrected chi connectivity index (χ3v) is 1.21. The lowest BCUT2D eigenvalue weighted by molar-refractivity contribution is -0.158. The summed E-state index contributed by atoms with van der Waals surface area (Å²) in [5, 5.41) is 1.73. The number of ether oxygens (including phenoxy) is 1. The summed E-state index contributed by atoms with van der Waals surface area (Å²) in [4.78, 5) is 11.4. The van der Waals surface area contributed by atoms with E-state index in [9.17, 15) is 4.79 Å². The molecule has 78 valence electrons. The number of rotatable bonds is 3. The van der Waals surface area contributed by atoms with Gasteiger partial charge < -0.3 is 4.74 Å². The molecular weight excluding hydrogens is 168 g/mol. The summed E-state index contributed by atoms with van der Waals surface area (Å²) in [6, 6.07) is -0.311. The molecule has 0 aromatic rings. The van der Waals surface area contributed by atoms with Gasteiger partial charge in [0, 0.05) is 14.1 Å². The average molecular weight is 188 g/mol. The predicted octanol–water partition coefficient (Wildman–Crippen LogP) is 0.783. The van der Waals surface area contributed by atoms with Gasteiger partial charge in [-0.1, -0.05) is 0 Å². The minimum atomic E-state index is -0.417. The van der Waals surface area contributed by atoms with E-state index >= 15 is 0 Å². The second-order valence-electron chi connectivity index (χ2n) is 4.28. The maximum absolute atomic E-state index is 11.4. The Morgan fingerprint density at radius 1 is 1.38 bits per heavy atom. The zero-order valence-corrected chi connectivity index (χ0v) is 9.34. The molecule has 0 aliphatic rings. The molecule has 0 spiro atoms. The molecule has 4 heteroatoms. The number of carbonyl (C=O) groups excluding carboxylic acids is 1. The molecular formula is C9H20N2O2. The monoisotopic (exact) mass is 188 g/mol. The molecule has 1 unspecified atom stereocenters. The van der Waals surface area contributed by atoms with Crippen molar-refractivity contribution in [2.24, 2.45) is 0 Å². The van der Waals surface area contributed by atoms with Gasteiger partial charge >= 0.3 is 5.97 Å². The van der Waals surface area contributed by atoms with E-state index < -0.39 is 5.60 Å². The number of hydrogen-bond acceptors (Lipinski definition) is 4. The third-order valence-electron chi connectivity index (χ3n) is 1.21. The summed E-state index contributed by atoms with van der Waals surface area (Å²) in [6.45, 7) is 7.34. The number of esters is 1. The summed E-state index contributed by atoms with van der Waals surface area (Å²) in [7, 11) is 3.67. The van der Waals surface area contributed by atoms with E-state index in [4.69, 9.17) is 4.74 Å². The second-order valence-corrected chi connectivity index (χ2v) is 4.28. The SMILES string of the molecule is CC(NN(C)C)C(=O)OC(C)(C)C. The Labute approximate surface area is 80.2 Å². The van der Waals surface area contributed by atoms with Gasteiger partial charge in [-0.3, -0.25) is 4.79 Å². The van der Waals surface area contributed by atoms with Crippen molar-refractivity contribution in [3.63, 3.8) is 0 Å². The van der Waals surface area contributed by atoms with Crippen LogP contribution in [0.3, 0.4) is 0 Å². The molecule has 0 amide bonds. The first-order valence-corrected chi connectivity index (χ1v) is 4.39. The van der Waals surface area contributed by atoms with E-state index in [1.807, 2.05) is 34.9 Å². The van der Waals surface area contributed by atoms with E-state index in [1.165, 1.54) is 0 Å². The quantitative estimate of drug-likeness (QED) is 0.525. The maximum Gasteiger partial charge on any atom is 0.324 e. The first-order chi connectivity index (χ1) is 5.72. The summed E-state index contributed by atoms with van der Waals surface area (Å²) < 4.78 is 5.17. The number of hydrogen-bond donors (Lipinski definition) is 1. The van der Waals surface area contributed by atoms with Gasteiger partial charge in [-0.15, -0.1) is 0 Å². The molecule has 0 aromatic heterocycles. The number of hydrazine groups is 1. The molecule has 0 fully saturated rings. The lowest BCUT2D eigenvalue weighted by atomic mass is 10.2. The van der Waals surface area contributed by atoms with Crippen LogP contribution in [0.2, 0.25) is 0 Å². The Morgan fingerprint density at radius 3 is 2.15 bits per heavy atom. The molecule has 0 saturated carbocycles. The van der Waals surface area contributed by atoms with Crippen LogP contribution < -0.4 is 5.43 Å². The van der Waals surface area contributed by atoms with Crippen molar-refractivity contribution in [2.45, 2.75) is 39.3 Å². The molecule has 0 aliphatic heterocycles. The highest BCUT2D eigenvalue weighted by Crippen LogP contribution is 2.08. The van der Waals surface area contributed by atoms with Crippen LogP contribution in [-0.2, 0) is 9.53 Å². The van der Waals surface area contributed by atoms with Crippen LogP contribution in [0.1, 0.15) is 27.7 Å². The van der Waals surface area contributed by atoms with E-state index in [-0.39, 0.29) is 12.0 Å². The minimum absolute atomic E-state index is 0.235. The highest BCUT2D eigenvalue weighted by atomic mass is 16.6. The number of carbonyl (C=O) groups is 1. The second kappa shape index (κ2) is 4.58. The van der Waals surface area contributed by atoms with Crippen LogP contribution in [0.4, 0.5) is 0 Å². The van der Waals surface area contributed by atoms with Crippen LogP contribution in [0.5, 0.6) is 0 Å². The van der Waals surface area contributed by atoms with Gasteiger partial charge in [-0.2, -0.15) is 0 Å². The predicted molar refractivity (Wildman–Crippen MR) is 52.1 cm³/mol. The summed E-state index contributed by atoms with van der Waals surface area (Å²) in [5.74, 6) is -0.235. The molecule has 1 atom stereocenters. The summed E-state index contributed by atoms with van der Waals surface area (Å²) >= 11 is 0. The fraction of sp³-hybridized carbons (Fsp3) is 0.889. The lowest BCUT2D eigenvalue weighted by Gasteiger charge is -2.24. The van der Waals surface area contributed by atoms with Crippen LogP contribution in [-0.4, -0.2) is 36.7 Å². The van der Waals surface area contributed by atoms with Gasteiger partial charge in [0.1, 0.15) is 11.6 Å². The van der Waals surface area contributed by atoms with E-state index in [0.717, 1.165) is 0 Å². The molecule has 0 heterocycles. The number of nitrogens with zero attached hydrogens (tertiary/aromatic N) is 1. The van der Waals surface area contributed by atoms with Gasteiger partial charge in [-0.25, -0.2) is 10.4 Å². The zero-order valence-electron chi connectivity index (χ0n) is 9.34. The molecule has 0 aromatic carbocycles. The third kappa shape index (κ3) is 6.54. The van der Waals surface area contributed by atoms with E-state index in [2.05, 4.69) is 5.43 Å². The molecule has 4 nitrogen and oxygen atoms in total. The van der Waals surface area contributed by atoms with Gasteiger partial charge in [0.25, 0.3) is 0 Å². The maximum atomic E-state index is 11.4. The number of nitrogens with one attached hydrogen (secondary N) is 1. The Morgan fingerprint density at radius 2 is 1.85 bits per heavy atom. The van der Waals surface area contributed by atoms with Crippen molar-refractivity contribution < 1.29 is 9.53 Å². The smallest absolute Gasteiger partial charge is 0.324 e. The van der Waals surface area contributed by atoms with Gasteiger partial charge in [0.2, 0.25) is 0 Å². The van der Waals surface area contributed by atoms with Gasteiger partial charge in [-0.05, 0) is 27.7 Å². The molecule has 0 saturated heterocycles. The van der Waals surface area contributed by atoms with E-state index in [1.54, 1.807) is 11.9 Å². The highest BCUT2D eigenvalue weighted by molar-refractivity contribution is 5.75. The fourth-order valence-electron chi connectivity index (χ4n) is 0.830. The van der Waals surface area contributed by atoms with Crippen molar-refractivity contribution in [3.05, 3.63) is 0 Å². The minimum Gasteiger partial charge on any atom is -0.459 e. The first kappa shape index (κ1) is 12.4.